The third-order valence-corrected chi connectivity index (χ3v) is 5.28. The normalized spacial score (nSPS) is 13.6. The van der Waals surface area contributed by atoms with Gasteiger partial charge in [-0.1, -0.05) is 24.3 Å². The fraction of sp³-hybridized carbons (Fsp3) is 0.304. The van der Waals surface area contributed by atoms with Gasteiger partial charge in [-0.3, -0.25) is 4.90 Å². The Labute approximate surface area is 171 Å². The van der Waals surface area contributed by atoms with Gasteiger partial charge >= 0.3 is 0 Å². The molecular weight excluding hydrogens is 364 g/mol. The fourth-order valence-electron chi connectivity index (χ4n) is 3.61. The lowest BCUT2D eigenvalue weighted by Crippen LogP contribution is -2.31. The molecule has 0 fully saturated rings. The van der Waals surface area contributed by atoms with Gasteiger partial charge in [0.05, 0.1) is 19.9 Å². The van der Waals surface area contributed by atoms with E-state index >= 15 is 0 Å². The zero-order valence-electron chi connectivity index (χ0n) is 17.1. The van der Waals surface area contributed by atoms with E-state index in [2.05, 4.69) is 46.4 Å². The lowest BCUT2D eigenvalue weighted by Gasteiger charge is -2.28. The first kappa shape index (κ1) is 19.2. The number of benzene rings is 2. The summed E-state index contributed by atoms with van der Waals surface area (Å²) in [6.45, 7) is 4.99. The van der Waals surface area contributed by atoms with E-state index in [1.54, 1.807) is 14.2 Å². The number of aromatic nitrogens is 2. The molecule has 2 heterocycles. The van der Waals surface area contributed by atoms with E-state index in [0.29, 0.717) is 5.95 Å². The van der Waals surface area contributed by atoms with E-state index in [-0.39, 0.29) is 0 Å². The van der Waals surface area contributed by atoms with Crippen molar-refractivity contribution >= 4 is 11.6 Å². The maximum atomic E-state index is 5.33. The molecule has 0 saturated carbocycles. The molecule has 0 radical (unpaired) electrons. The highest BCUT2D eigenvalue weighted by atomic mass is 16.5. The third-order valence-electron chi connectivity index (χ3n) is 5.28. The van der Waals surface area contributed by atoms with E-state index in [9.17, 15) is 0 Å². The maximum absolute atomic E-state index is 5.33. The van der Waals surface area contributed by atoms with E-state index in [1.165, 1.54) is 16.7 Å². The van der Waals surface area contributed by atoms with Gasteiger partial charge in [0, 0.05) is 61.7 Å². The van der Waals surface area contributed by atoms with Crippen molar-refractivity contribution in [2.45, 2.75) is 26.4 Å². The molecule has 0 aliphatic carbocycles. The summed E-state index contributed by atoms with van der Waals surface area (Å²) in [6, 6.07) is 14.2. The molecule has 0 saturated heterocycles. The van der Waals surface area contributed by atoms with Crippen LogP contribution in [0.15, 0.2) is 48.7 Å². The number of rotatable bonds is 6. The average molecular weight is 390 g/mol. The Morgan fingerprint density at radius 2 is 1.83 bits per heavy atom. The first-order valence-corrected chi connectivity index (χ1v) is 9.76. The second-order valence-corrected chi connectivity index (χ2v) is 7.28. The molecule has 29 heavy (non-hydrogen) atoms. The number of nitrogens with one attached hydrogen (secondary N) is 1. The van der Waals surface area contributed by atoms with Crippen molar-refractivity contribution in [3.63, 3.8) is 0 Å². The summed E-state index contributed by atoms with van der Waals surface area (Å²) in [5, 5.41) is 3.27. The van der Waals surface area contributed by atoms with Gasteiger partial charge in [-0.2, -0.15) is 0 Å². The zero-order valence-corrected chi connectivity index (χ0v) is 17.1. The summed E-state index contributed by atoms with van der Waals surface area (Å²) >= 11 is 0. The van der Waals surface area contributed by atoms with Gasteiger partial charge in [0.2, 0.25) is 5.95 Å². The van der Waals surface area contributed by atoms with Crippen LogP contribution < -0.4 is 14.8 Å². The summed E-state index contributed by atoms with van der Waals surface area (Å²) in [6.07, 6.45) is 2.85. The van der Waals surface area contributed by atoms with E-state index < -0.39 is 0 Å². The van der Waals surface area contributed by atoms with Crippen molar-refractivity contribution in [3.05, 3.63) is 71.0 Å². The quantitative estimate of drug-likeness (QED) is 0.684. The molecule has 1 aliphatic heterocycles. The highest BCUT2D eigenvalue weighted by Gasteiger charge is 2.19. The second-order valence-electron chi connectivity index (χ2n) is 7.28. The Hall–Kier alpha value is -3.12. The Kier molecular flexibility index (Phi) is 5.62. The van der Waals surface area contributed by atoms with Gasteiger partial charge in [0.15, 0.2) is 0 Å². The molecule has 0 unspecified atom stereocenters. The minimum absolute atomic E-state index is 0.589. The van der Waals surface area contributed by atoms with Crippen molar-refractivity contribution in [2.75, 3.05) is 26.1 Å². The van der Waals surface area contributed by atoms with Gasteiger partial charge in [-0.25, -0.2) is 9.97 Å². The minimum atomic E-state index is 0.589. The monoisotopic (exact) mass is 390 g/mol. The van der Waals surface area contributed by atoms with Crippen molar-refractivity contribution in [3.8, 4) is 11.5 Å². The fourth-order valence-corrected chi connectivity index (χ4v) is 3.61. The molecule has 0 atom stereocenters. The van der Waals surface area contributed by atoms with Gasteiger partial charge in [-0.05, 0) is 18.1 Å². The number of aryl methyl sites for hydroxylation is 1. The largest absolute Gasteiger partial charge is 0.497 e. The number of hydrogen-bond acceptors (Lipinski definition) is 6. The van der Waals surface area contributed by atoms with Crippen molar-refractivity contribution in [1.29, 1.82) is 0 Å². The van der Waals surface area contributed by atoms with E-state index in [1.807, 2.05) is 24.4 Å². The summed E-state index contributed by atoms with van der Waals surface area (Å²) in [4.78, 5) is 11.7. The molecule has 0 bridgehead atoms. The molecule has 3 aromatic rings. The van der Waals surface area contributed by atoms with Gasteiger partial charge in [0.25, 0.3) is 0 Å². The third kappa shape index (κ3) is 4.49. The number of anilines is 2. The number of hydrogen-bond donors (Lipinski definition) is 1. The predicted molar refractivity (Wildman–Crippen MR) is 114 cm³/mol. The van der Waals surface area contributed by atoms with Crippen LogP contribution >= 0.6 is 0 Å². The first-order chi connectivity index (χ1) is 14.1. The van der Waals surface area contributed by atoms with Crippen LogP contribution in [0.25, 0.3) is 0 Å². The number of nitrogens with zero attached hydrogens (tertiary/aromatic N) is 3. The SMILES string of the molecule is COc1cc(Nc2ncc3c(n2)CCN(Cc2ccccc2C)C3)cc(OC)c1. The molecule has 2 aromatic carbocycles. The van der Waals surface area contributed by atoms with Crippen LogP contribution in [-0.4, -0.2) is 35.6 Å². The summed E-state index contributed by atoms with van der Waals surface area (Å²) < 4.78 is 10.7. The summed E-state index contributed by atoms with van der Waals surface area (Å²) in [5.74, 6) is 2.03. The lowest BCUT2D eigenvalue weighted by atomic mass is 10.0. The highest BCUT2D eigenvalue weighted by Crippen LogP contribution is 2.28. The minimum Gasteiger partial charge on any atom is -0.497 e. The molecule has 6 nitrogen and oxygen atoms in total. The maximum Gasteiger partial charge on any atom is 0.227 e. The molecule has 1 N–H and O–H groups in total. The highest BCUT2D eigenvalue weighted by molar-refractivity contribution is 5.59. The Balaban J connectivity index is 1.47. The molecule has 1 aliphatic rings. The number of ether oxygens (including phenoxy) is 2. The van der Waals surface area contributed by atoms with Crippen LogP contribution in [-0.2, 0) is 19.5 Å². The smallest absolute Gasteiger partial charge is 0.227 e. The number of fused-ring (bicyclic) bond motifs is 1. The first-order valence-electron chi connectivity index (χ1n) is 9.76. The molecule has 150 valence electrons. The van der Waals surface area contributed by atoms with Crippen LogP contribution in [0.5, 0.6) is 11.5 Å². The molecule has 0 spiro atoms. The van der Waals surface area contributed by atoms with Crippen molar-refractivity contribution in [1.82, 2.24) is 14.9 Å². The van der Waals surface area contributed by atoms with Crippen molar-refractivity contribution < 1.29 is 9.47 Å². The van der Waals surface area contributed by atoms with Crippen LogP contribution in [0.1, 0.15) is 22.4 Å². The summed E-state index contributed by atoms with van der Waals surface area (Å²) in [7, 11) is 3.27. The second kappa shape index (κ2) is 8.49. The Morgan fingerprint density at radius 1 is 1.07 bits per heavy atom. The Morgan fingerprint density at radius 3 is 2.55 bits per heavy atom. The molecule has 0 amide bonds. The Bertz CT molecular complexity index is 984. The zero-order chi connectivity index (χ0) is 20.2. The van der Waals surface area contributed by atoms with Crippen LogP contribution in [0, 0.1) is 6.92 Å². The lowest BCUT2D eigenvalue weighted by molar-refractivity contribution is 0.242. The van der Waals surface area contributed by atoms with Gasteiger partial charge < -0.3 is 14.8 Å². The van der Waals surface area contributed by atoms with E-state index in [0.717, 1.165) is 48.9 Å². The van der Waals surface area contributed by atoms with E-state index in [4.69, 9.17) is 14.5 Å². The average Bonchev–Trinajstić information content (AvgIpc) is 2.75. The molecule has 6 heteroatoms. The van der Waals surface area contributed by atoms with Crippen LogP contribution in [0.3, 0.4) is 0 Å². The molecule has 1 aromatic heterocycles. The predicted octanol–water partition coefficient (Wildman–Crippen LogP) is 4.10. The molecular formula is C23H26N4O2. The van der Waals surface area contributed by atoms with Crippen LogP contribution in [0.4, 0.5) is 11.6 Å². The number of methoxy groups -OCH3 is 2. The summed E-state index contributed by atoms with van der Waals surface area (Å²) in [5.41, 5.74) is 5.85. The van der Waals surface area contributed by atoms with Crippen molar-refractivity contribution in [2.24, 2.45) is 0 Å². The standard InChI is InChI=1S/C23H26N4O2/c1-16-6-4-5-7-17(16)14-27-9-8-22-18(15-27)13-24-23(26-22)25-19-10-20(28-2)12-21(11-19)29-3/h4-7,10-13H,8-9,14-15H2,1-3H3,(H,24,25,26). The van der Waals surface area contributed by atoms with Gasteiger partial charge in [0.1, 0.15) is 11.5 Å². The molecule has 4 rings (SSSR count). The van der Waals surface area contributed by atoms with Gasteiger partial charge in [-0.15, -0.1) is 0 Å². The topological polar surface area (TPSA) is 59.5 Å². The van der Waals surface area contributed by atoms with Crippen LogP contribution in [0.2, 0.25) is 0 Å².